The Balaban J connectivity index is 1.78. The predicted molar refractivity (Wildman–Crippen MR) is 100 cm³/mol. The maximum absolute atomic E-state index is 12.9. The number of sulfone groups is 1. The number of likely N-dealkylation sites (tertiary alicyclic amines) is 1. The second-order valence-corrected chi connectivity index (χ2v) is 10.3. The molecule has 0 bridgehead atoms. The summed E-state index contributed by atoms with van der Waals surface area (Å²) in [6.45, 7) is 9.98. The van der Waals surface area contributed by atoms with E-state index in [9.17, 15) is 13.2 Å². The molecule has 0 aliphatic carbocycles. The summed E-state index contributed by atoms with van der Waals surface area (Å²) in [7, 11) is -4.36. The second-order valence-electron chi connectivity index (χ2n) is 8.16. The Morgan fingerprint density at radius 2 is 1.74 bits per heavy atom. The molecule has 0 radical (unpaired) electrons. The molecule has 3 heterocycles. The molecule has 1 atom stereocenters. The Labute approximate surface area is 160 Å². The number of rotatable bonds is 3. The monoisotopic (exact) mass is 395 g/mol. The molecule has 148 valence electrons. The van der Waals surface area contributed by atoms with Crippen LogP contribution in [-0.4, -0.2) is 65.9 Å². The van der Waals surface area contributed by atoms with Gasteiger partial charge in [-0.25, -0.2) is 18.4 Å². The molecule has 27 heavy (non-hydrogen) atoms. The van der Waals surface area contributed by atoms with E-state index in [-0.39, 0.29) is 17.6 Å². The van der Waals surface area contributed by atoms with Crippen LogP contribution in [0.3, 0.4) is 0 Å². The molecule has 1 aromatic rings. The third kappa shape index (κ3) is 3.75. The number of carbonyl (C=O) groups is 1. The highest BCUT2D eigenvalue weighted by Gasteiger charge is 2.52. The minimum absolute atomic E-state index is 0.119. The fourth-order valence-electron chi connectivity index (χ4n) is 3.20. The molecule has 1 unspecified atom stereocenters. The van der Waals surface area contributed by atoms with Crippen molar-refractivity contribution in [2.24, 2.45) is 0 Å². The van der Waals surface area contributed by atoms with Gasteiger partial charge in [0.1, 0.15) is 0 Å². The molecule has 0 aromatic carbocycles. The van der Waals surface area contributed by atoms with Crippen molar-refractivity contribution in [2.75, 3.05) is 13.1 Å². The van der Waals surface area contributed by atoms with E-state index in [0.29, 0.717) is 24.8 Å². The van der Waals surface area contributed by atoms with Crippen molar-refractivity contribution in [3.63, 3.8) is 0 Å². The normalized spacial score (nSPS) is 24.9. The van der Waals surface area contributed by atoms with Crippen LogP contribution in [0, 0.1) is 0 Å². The Morgan fingerprint density at radius 1 is 1.19 bits per heavy atom. The molecule has 2 aliphatic rings. The number of aromatic nitrogens is 2. The standard InChI is InChI=1S/C17H26BN3O5S/c1-12(22)21-8-6-7-14(11-21)27(23,24)15-19-9-13(10-20-15)18-25-16(2,3)17(4,5)26-18/h9-10,14H,6-8,11H2,1-5H3. The van der Waals surface area contributed by atoms with Gasteiger partial charge >= 0.3 is 7.12 Å². The first-order chi connectivity index (χ1) is 12.4. The van der Waals surface area contributed by atoms with Crippen molar-refractivity contribution in [1.82, 2.24) is 14.9 Å². The molecule has 1 aromatic heterocycles. The van der Waals surface area contributed by atoms with Gasteiger partial charge in [0.2, 0.25) is 20.9 Å². The lowest BCUT2D eigenvalue weighted by Gasteiger charge is -2.32. The van der Waals surface area contributed by atoms with E-state index in [1.165, 1.54) is 19.3 Å². The van der Waals surface area contributed by atoms with Gasteiger partial charge in [-0.1, -0.05) is 0 Å². The van der Waals surface area contributed by atoms with Crippen LogP contribution in [-0.2, 0) is 23.9 Å². The molecule has 0 N–H and O–H groups in total. The zero-order valence-electron chi connectivity index (χ0n) is 16.4. The van der Waals surface area contributed by atoms with E-state index < -0.39 is 33.4 Å². The zero-order chi connectivity index (χ0) is 20.0. The molecule has 2 fully saturated rings. The molecule has 2 saturated heterocycles. The quantitative estimate of drug-likeness (QED) is 0.545. The Hall–Kier alpha value is -1.52. The lowest BCUT2D eigenvalue weighted by Crippen LogP contribution is -2.44. The fourth-order valence-corrected chi connectivity index (χ4v) is 4.75. The molecule has 0 saturated carbocycles. The minimum Gasteiger partial charge on any atom is -0.399 e. The van der Waals surface area contributed by atoms with Crippen LogP contribution >= 0.6 is 0 Å². The van der Waals surface area contributed by atoms with Crippen molar-refractivity contribution in [3.8, 4) is 0 Å². The highest BCUT2D eigenvalue weighted by molar-refractivity contribution is 7.91. The van der Waals surface area contributed by atoms with Gasteiger partial charge in [-0.05, 0) is 40.5 Å². The van der Waals surface area contributed by atoms with Crippen LogP contribution in [0.1, 0.15) is 47.5 Å². The highest BCUT2D eigenvalue weighted by Crippen LogP contribution is 2.36. The van der Waals surface area contributed by atoms with E-state index >= 15 is 0 Å². The van der Waals surface area contributed by atoms with Crippen LogP contribution < -0.4 is 5.46 Å². The third-order valence-electron chi connectivity index (χ3n) is 5.69. The van der Waals surface area contributed by atoms with E-state index in [1.54, 1.807) is 4.90 Å². The molecule has 10 heteroatoms. The SMILES string of the molecule is CC(=O)N1CCCC(S(=O)(=O)c2ncc(B3OC(C)(C)C(C)(C)O3)cn2)C1. The van der Waals surface area contributed by atoms with Gasteiger partial charge < -0.3 is 14.2 Å². The Bertz CT molecular complexity index is 809. The highest BCUT2D eigenvalue weighted by atomic mass is 32.2. The maximum atomic E-state index is 12.9. The number of piperidine rings is 1. The first-order valence-electron chi connectivity index (χ1n) is 9.11. The molecule has 1 amide bonds. The summed E-state index contributed by atoms with van der Waals surface area (Å²) in [5.41, 5.74) is -0.428. The van der Waals surface area contributed by atoms with E-state index in [0.717, 1.165) is 0 Å². The van der Waals surface area contributed by atoms with Gasteiger partial charge in [0.15, 0.2) is 0 Å². The zero-order valence-corrected chi connectivity index (χ0v) is 17.2. The maximum Gasteiger partial charge on any atom is 0.498 e. The topological polar surface area (TPSA) is 98.7 Å². The third-order valence-corrected chi connectivity index (χ3v) is 7.67. The summed E-state index contributed by atoms with van der Waals surface area (Å²) >= 11 is 0. The summed E-state index contributed by atoms with van der Waals surface area (Å²) < 4.78 is 37.6. The smallest absolute Gasteiger partial charge is 0.399 e. The summed E-state index contributed by atoms with van der Waals surface area (Å²) in [6.07, 6.45) is 4.02. The number of nitrogens with zero attached hydrogens (tertiary/aromatic N) is 3. The van der Waals surface area contributed by atoms with Crippen molar-refractivity contribution in [2.45, 2.75) is 69.1 Å². The first kappa shape index (κ1) is 20.2. The largest absolute Gasteiger partial charge is 0.498 e. The molecule has 2 aliphatic heterocycles. The van der Waals surface area contributed by atoms with E-state index in [1.807, 2.05) is 27.7 Å². The number of hydrogen-bond acceptors (Lipinski definition) is 7. The van der Waals surface area contributed by atoms with Crippen molar-refractivity contribution in [1.29, 1.82) is 0 Å². The molecule has 3 rings (SSSR count). The molecule has 0 spiro atoms. The molecular formula is C17H26BN3O5S. The van der Waals surface area contributed by atoms with Crippen LogP contribution in [0.25, 0.3) is 0 Å². The number of carbonyl (C=O) groups excluding carboxylic acids is 1. The lowest BCUT2D eigenvalue weighted by molar-refractivity contribution is -0.129. The number of hydrogen-bond donors (Lipinski definition) is 0. The molecular weight excluding hydrogens is 369 g/mol. The van der Waals surface area contributed by atoms with Gasteiger partial charge in [-0.3, -0.25) is 4.79 Å². The predicted octanol–water partition coefficient (Wildman–Crippen LogP) is 0.560. The van der Waals surface area contributed by atoms with Crippen LogP contribution in [0.15, 0.2) is 17.6 Å². The summed E-state index contributed by atoms with van der Waals surface area (Å²) in [5.74, 6) is -0.119. The first-order valence-corrected chi connectivity index (χ1v) is 10.7. The van der Waals surface area contributed by atoms with E-state index in [2.05, 4.69) is 9.97 Å². The van der Waals surface area contributed by atoms with Crippen LogP contribution in [0.4, 0.5) is 0 Å². The summed E-state index contributed by atoms with van der Waals surface area (Å²) in [5, 5.41) is -0.906. The second kappa shape index (κ2) is 6.82. The average Bonchev–Trinajstić information content (AvgIpc) is 2.83. The van der Waals surface area contributed by atoms with Gasteiger partial charge in [0.25, 0.3) is 0 Å². The Morgan fingerprint density at radius 3 is 2.26 bits per heavy atom. The minimum atomic E-state index is -3.71. The molecule has 8 nitrogen and oxygen atoms in total. The van der Waals surface area contributed by atoms with Gasteiger partial charge in [-0.15, -0.1) is 0 Å². The van der Waals surface area contributed by atoms with Gasteiger partial charge in [0.05, 0.1) is 16.5 Å². The van der Waals surface area contributed by atoms with Crippen molar-refractivity contribution in [3.05, 3.63) is 12.4 Å². The van der Waals surface area contributed by atoms with Gasteiger partial charge in [0, 0.05) is 37.9 Å². The van der Waals surface area contributed by atoms with E-state index in [4.69, 9.17) is 9.31 Å². The average molecular weight is 395 g/mol. The van der Waals surface area contributed by atoms with Crippen molar-refractivity contribution >= 4 is 28.3 Å². The van der Waals surface area contributed by atoms with Crippen molar-refractivity contribution < 1.29 is 22.5 Å². The fraction of sp³-hybridized carbons (Fsp3) is 0.706. The van der Waals surface area contributed by atoms with Crippen LogP contribution in [0.5, 0.6) is 0 Å². The summed E-state index contributed by atoms with van der Waals surface area (Å²) in [4.78, 5) is 21.3. The number of amides is 1. The Kier molecular flexibility index (Phi) is 5.11. The summed E-state index contributed by atoms with van der Waals surface area (Å²) in [6, 6.07) is 0. The van der Waals surface area contributed by atoms with Crippen LogP contribution in [0.2, 0.25) is 0 Å². The lowest BCUT2D eigenvalue weighted by atomic mass is 9.81. The van der Waals surface area contributed by atoms with Gasteiger partial charge in [-0.2, -0.15) is 0 Å².